The molecule has 1 heterocycles. The molecule has 0 spiro atoms. The number of nitrogens with zero attached hydrogens (tertiary/aromatic N) is 1. The molecule has 0 saturated carbocycles. The second-order valence-electron chi connectivity index (χ2n) is 10.4. The van der Waals surface area contributed by atoms with Crippen molar-refractivity contribution in [2.24, 2.45) is 0 Å². The summed E-state index contributed by atoms with van der Waals surface area (Å²) in [5.74, 6) is 3.05. The van der Waals surface area contributed by atoms with Gasteiger partial charge in [0.25, 0.3) is 0 Å². The first-order valence-corrected chi connectivity index (χ1v) is 14.0. The zero-order valence-corrected chi connectivity index (χ0v) is 24.0. The predicted octanol–water partition coefficient (Wildman–Crippen LogP) is 7.49. The van der Waals surface area contributed by atoms with Crippen LogP contribution < -0.4 is 18.9 Å². The van der Waals surface area contributed by atoms with E-state index in [1.54, 1.807) is 14.2 Å². The van der Waals surface area contributed by atoms with E-state index in [2.05, 4.69) is 85.6 Å². The zero-order chi connectivity index (χ0) is 27.9. The fraction of sp³-hybridized carbons (Fsp3) is 0.314. The van der Waals surface area contributed by atoms with Crippen LogP contribution in [0.25, 0.3) is 6.08 Å². The van der Waals surface area contributed by atoms with E-state index in [1.807, 2.05) is 18.2 Å². The topological polar surface area (TPSA) is 40.2 Å². The minimum absolute atomic E-state index is 0.115. The van der Waals surface area contributed by atoms with Gasteiger partial charge in [0.2, 0.25) is 0 Å². The Morgan fingerprint density at radius 2 is 1.62 bits per heavy atom. The summed E-state index contributed by atoms with van der Waals surface area (Å²) in [4.78, 5) is 2.38. The van der Waals surface area contributed by atoms with E-state index in [4.69, 9.17) is 18.9 Å². The quantitative estimate of drug-likeness (QED) is 0.268. The predicted molar refractivity (Wildman–Crippen MR) is 162 cm³/mol. The molecule has 5 rings (SSSR count). The third-order valence-corrected chi connectivity index (χ3v) is 7.67. The third-order valence-electron chi connectivity index (χ3n) is 7.67. The number of ether oxygens (including phenoxy) is 4. The maximum Gasteiger partial charge on any atom is 0.162 e. The number of aryl methyl sites for hydroxylation is 1. The van der Waals surface area contributed by atoms with Crippen LogP contribution in [0.4, 0.5) is 0 Å². The van der Waals surface area contributed by atoms with Gasteiger partial charge in [-0.2, -0.15) is 0 Å². The molecule has 40 heavy (non-hydrogen) atoms. The van der Waals surface area contributed by atoms with Crippen LogP contribution in [0.15, 0.2) is 84.5 Å². The van der Waals surface area contributed by atoms with Gasteiger partial charge in [0, 0.05) is 6.54 Å². The first-order chi connectivity index (χ1) is 19.6. The van der Waals surface area contributed by atoms with Crippen LogP contribution in [-0.4, -0.2) is 39.3 Å². The Balaban J connectivity index is 1.38. The molecule has 1 unspecified atom stereocenters. The highest BCUT2D eigenvalue weighted by Gasteiger charge is 2.25. The highest BCUT2D eigenvalue weighted by Crippen LogP contribution is 2.39. The van der Waals surface area contributed by atoms with E-state index < -0.39 is 0 Å². The van der Waals surface area contributed by atoms with Gasteiger partial charge in [-0.15, -0.1) is 0 Å². The normalized spacial score (nSPS) is 16.9. The van der Waals surface area contributed by atoms with Crippen molar-refractivity contribution >= 4 is 6.08 Å². The van der Waals surface area contributed by atoms with Crippen LogP contribution in [0, 0.1) is 6.92 Å². The van der Waals surface area contributed by atoms with Crippen LogP contribution in [0.5, 0.6) is 23.0 Å². The molecule has 0 amide bonds. The van der Waals surface area contributed by atoms with Crippen LogP contribution in [0.3, 0.4) is 0 Å². The van der Waals surface area contributed by atoms with Gasteiger partial charge >= 0.3 is 0 Å². The number of methoxy groups -OCH3 is 2. The number of benzene rings is 3. The van der Waals surface area contributed by atoms with Crippen molar-refractivity contribution in [2.75, 3.05) is 34.4 Å². The zero-order valence-electron chi connectivity index (χ0n) is 24.0. The summed E-state index contributed by atoms with van der Waals surface area (Å²) < 4.78 is 23.8. The smallest absolute Gasteiger partial charge is 0.162 e. The highest BCUT2D eigenvalue weighted by atomic mass is 16.5. The monoisotopic (exact) mass is 537 g/mol. The van der Waals surface area contributed by atoms with Gasteiger partial charge in [-0.1, -0.05) is 60.7 Å². The molecule has 208 valence electrons. The lowest BCUT2D eigenvalue weighted by Gasteiger charge is -2.33. The second kappa shape index (κ2) is 12.9. The lowest BCUT2D eigenvalue weighted by Crippen LogP contribution is -2.31. The molecule has 0 fully saturated rings. The first kappa shape index (κ1) is 27.6. The minimum Gasteiger partial charge on any atom is -0.493 e. The maximum absolute atomic E-state index is 6.21. The van der Waals surface area contributed by atoms with Gasteiger partial charge in [0.1, 0.15) is 13.2 Å². The van der Waals surface area contributed by atoms with Crippen molar-refractivity contribution in [1.29, 1.82) is 0 Å². The Bertz CT molecular complexity index is 1410. The Kier molecular flexibility index (Phi) is 8.92. The lowest BCUT2D eigenvalue weighted by molar-refractivity contribution is 0.264. The van der Waals surface area contributed by atoms with E-state index >= 15 is 0 Å². The molecule has 1 aliphatic carbocycles. The molecule has 5 heteroatoms. The van der Waals surface area contributed by atoms with E-state index in [0.717, 1.165) is 65.5 Å². The van der Waals surface area contributed by atoms with Gasteiger partial charge in [0.05, 0.1) is 20.3 Å². The number of fused-ring (bicyclic) bond motifs is 1. The standard InChI is InChI=1S/C35H39NO4/c1-25-19-32(37-3)34(39-23-26-11-7-5-8-12-26)20-28(25)15-16-31-30-22-33(38-4)35(21-29(30)17-18-36(31)2)40-24-27-13-9-6-10-14-27/h6-7,9-16,19-22,31H,5,8,17-18,23-24H2,1-4H3/b16-15+. The molecule has 0 bridgehead atoms. The average molecular weight is 538 g/mol. The molecule has 0 saturated heterocycles. The van der Waals surface area contributed by atoms with Gasteiger partial charge in [0.15, 0.2) is 23.0 Å². The summed E-state index contributed by atoms with van der Waals surface area (Å²) in [6.45, 7) is 4.11. The first-order valence-electron chi connectivity index (χ1n) is 14.0. The maximum atomic E-state index is 6.21. The summed E-state index contributed by atoms with van der Waals surface area (Å²) in [5, 5.41) is 0. The van der Waals surface area contributed by atoms with Crippen LogP contribution >= 0.6 is 0 Å². The molecular weight excluding hydrogens is 498 g/mol. The van der Waals surface area contributed by atoms with Gasteiger partial charge < -0.3 is 18.9 Å². The van der Waals surface area contributed by atoms with Crippen molar-refractivity contribution < 1.29 is 18.9 Å². The SMILES string of the molecule is COc1cc(C)c(/C=C/C2c3cc(OC)c(OCc4ccccc4)cc3CCN2C)cc1OCC1=CCCC=C1. The Labute approximate surface area is 238 Å². The van der Waals surface area contributed by atoms with Crippen LogP contribution in [0.1, 0.15) is 46.7 Å². The van der Waals surface area contributed by atoms with Crippen molar-refractivity contribution in [2.45, 2.75) is 38.8 Å². The fourth-order valence-electron chi connectivity index (χ4n) is 5.30. The van der Waals surface area contributed by atoms with Crippen molar-refractivity contribution in [3.63, 3.8) is 0 Å². The van der Waals surface area contributed by atoms with Crippen molar-refractivity contribution in [3.8, 4) is 23.0 Å². The number of hydrogen-bond acceptors (Lipinski definition) is 5. The minimum atomic E-state index is 0.115. The third kappa shape index (κ3) is 6.43. The number of allylic oxidation sites excluding steroid dienone is 2. The Hall–Kier alpha value is -3.96. The van der Waals surface area contributed by atoms with Gasteiger partial charge in [-0.05, 0) is 90.9 Å². The van der Waals surface area contributed by atoms with Crippen molar-refractivity contribution in [3.05, 3.63) is 112 Å². The average Bonchev–Trinajstić information content (AvgIpc) is 2.99. The molecule has 3 aromatic rings. The molecule has 0 N–H and O–H groups in total. The van der Waals surface area contributed by atoms with E-state index in [1.165, 1.54) is 16.7 Å². The fourth-order valence-corrected chi connectivity index (χ4v) is 5.30. The molecule has 0 aromatic heterocycles. The van der Waals surface area contributed by atoms with E-state index in [0.29, 0.717) is 13.2 Å². The van der Waals surface area contributed by atoms with Gasteiger partial charge in [-0.3, -0.25) is 4.90 Å². The summed E-state index contributed by atoms with van der Waals surface area (Å²) >= 11 is 0. The Morgan fingerprint density at radius 3 is 2.38 bits per heavy atom. The number of likely N-dealkylation sites (N-methyl/N-ethyl adjacent to an activating group) is 1. The molecule has 2 aliphatic rings. The summed E-state index contributed by atoms with van der Waals surface area (Å²) in [6.07, 6.45) is 14.2. The summed E-state index contributed by atoms with van der Waals surface area (Å²) in [5.41, 5.74) is 7.12. The lowest BCUT2D eigenvalue weighted by atomic mass is 9.91. The molecule has 5 nitrogen and oxygen atoms in total. The summed E-state index contributed by atoms with van der Waals surface area (Å²) in [7, 11) is 5.57. The van der Waals surface area contributed by atoms with Crippen molar-refractivity contribution in [1.82, 2.24) is 4.90 Å². The van der Waals surface area contributed by atoms with E-state index in [-0.39, 0.29) is 6.04 Å². The second-order valence-corrected chi connectivity index (χ2v) is 10.4. The highest BCUT2D eigenvalue weighted by molar-refractivity contribution is 5.61. The van der Waals surface area contributed by atoms with Gasteiger partial charge in [-0.25, -0.2) is 0 Å². The largest absolute Gasteiger partial charge is 0.493 e. The number of hydrogen-bond donors (Lipinski definition) is 0. The molecule has 3 aromatic carbocycles. The Morgan fingerprint density at radius 1 is 0.875 bits per heavy atom. The number of rotatable bonds is 10. The summed E-state index contributed by atoms with van der Waals surface area (Å²) in [6, 6.07) is 18.8. The molecule has 1 aliphatic heterocycles. The molecular formula is C35H39NO4. The molecule has 0 radical (unpaired) electrons. The van der Waals surface area contributed by atoms with Crippen LogP contribution in [0.2, 0.25) is 0 Å². The van der Waals surface area contributed by atoms with E-state index in [9.17, 15) is 0 Å². The van der Waals surface area contributed by atoms with Crippen LogP contribution in [-0.2, 0) is 13.0 Å². The molecule has 1 atom stereocenters.